The summed E-state index contributed by atoms with van der Waals surface area (Å²) in [5.41, 5.74) is 4.87. The van der Waals surface area contributed by atoms with E-state index in [-0.39, 0.29) is 17.3 Å². The van der Waals surface area contributed by atoms with Gasteiger partial charge in [0.15, 0.2) is 23.1 Å². The first-order valence-corrected chi connectivity index (χ1v) is 8.39. The molecule has 0 unspecified atom stereocenters. The second kappa shape index (κ2) is 7.72. The number of fused-ring (bicyclic) bond motifs is 1. The van der Waals surface area contributed by atoms with Gasteiger partial charge >= 0.3 is 0 Å². The summed E-state index contributed by atoms with van der Waals surface area (Å²) >= 11 is 0. The van der Waals surface area contributed by atoms with E-state index >= 15 is 0 Å². The van der Waals surface area contributed by atoms with E-state index in [4.69, 9.17) is 0 Å². The Morgan fingerprint density at radius 2 is 1.52 bits per heavy atom. The molecule has 0 saturated heterocycles. The fraction of sp³-hybridized carbons (Fsp3) is 0. The van der Waals surface area contributed by atoms with Crippen LogP contribution in [0.25, 0.3) is 11.0 Å². The average molecular weight is 391 g/mol. The van der Waals surface area contributed by atoms with Crippen molar-refractivity contribution in [2.24, 2.45) is 5.10 Å². The number of hydrogen-bond donors (Lipinski definition) is 4. The number of aromatic hydroxyl groups is 2. The summed E-state index contributed by atoms with van der Waals surface area (Å²) in [7, 11) is 0. The highest BCUT2D eigenvalue weighted by Crippen LogP contribution is 2.25. The van der Waals surface area contributed by atoms with Gasteiger partial charge in [-0.05, 0) is 48.0 Å². The molecular formula is C19H14FN7O2. The second-order valence-corrected chi connectivity index (χ2v) is 5.89. The normalized spacial score (nSPS) is 11.1. The minimum atomic E-state index is -0.336. The number of phenolic OH excluding ortho intramolecular Hbond substituents is 2. The minimum Gasteiger partial charge on any atom is -0.504 e. The Hall–Kier alpha value is -4.34. The number of anilines is 3. The van der Waals surface area contributed by atoms with Gasteiger partial charge in [-0.25, -0.2) is 24.3 Å². The van der Waals surface area contributed by atoms with Crippen molar-refractivity contribution < 1.29 is 14.6 Å². The van der Waals surface area contributed by atoms with E-state index in [0.29, 0.717) is 33.9 Å². The Kier molecular flexibility index (Phi) is 4.81. The minimum absolute atomic E-state index is 0.213. The zero-order chi connectivity index (χ0) is 20.2. The molecule has 0 aliphatic carbocycles. The lowest BCUT2D eigenvalue weighted by Gasteiger charge is -2.09. The van der Waals surface area contributed by atoms with Gasteiger partial charge in [0, 0.05) is 5.69 Å². The van der Waals surface area contributed by atoms with E-state index < -0.39 is 0 Å². The summed E-state index contributed by atoms with van der Waals surface area (Å²) in [6, 6.07) is 10.2. The van der Waals surface area contributed by atoms with Gasteiger partial charge in [0.05, 0.1) is 6.21 Å². The summed E-state index contributed by atoms with van der Waals surface area (Å²) in [5, 5.41) is 26.0. The standard InChI is InChI=1S/C19H14FN7O2/c20-12-2-4-13(5-3-12)26-18-16-17(22-9-23-18)19(24-10-21-16)27-25-8-11-1-6-14(28)15(29)7-11/h1-10,28-29H,(H,21,24,27)(H,22,23,26). The first-order chi connectivity index (χ1) is 14.1. The number of nitrogens with zero attached hydrogens (tertiary/aromatic N) is 5. The van der Waals surface area contributed by atoms with Crippen LogP contribution in [-0.2, 0) is 0 Å². The smallest absolute Gasteiger partial charge is 0.176 e. The van der Waals surface area contributed by atoms with Gasteiger partial charge in [-0.1, -0.05) is 0 Å². The molecule has 0 fully saturated rings. The number of hydrogen-bond acceptors (Lipinski definition) is 9. The van der Waals surface area contributed by atoms with E-state index in [1.807, 2.05) is 0 Å². The van der Waals surface area contributed by atoms with Crippen LogP contribution in [0.15, 0.2) is 60.2 Å². The van der Waals surface area contributed by atoms with Gasteiger partial charge in [-0.3, -0.25) is 5.43 Å². The summed E-state index contributed by atoms with van der Waals surface area (Å²) in [4.78, 5) is 16.7. The molecule has 10 heteroatoms. The summed E-state index contributed by atoms with van der Waals surface area (Å²) in [5.74, 6) is -0.0181. The van der Waals surface area contributed by atoms with Crippen LogP contribution in [0.2, 0.25) is 0 Å². The van der Waals surface area contributed by atoms with Gasteiger partial charge in [-0.2, -0.15) is 5.10 Å². The number of hydrazone groups is 1. The molecule has 0 radical (unpaired) electrons. The molecule has 144 valence electrons. The quantitative estimate of drug-likeness (QED) is 0.232. The predicted molar refractivity (Wildman–Crippen MR) is 106 cm³/mol. The number of halogens is 1. The van der Waals surface area contributed by atoms with Crippen molar-refractivity contribution in [3.05, 3.63) is 66.5 Å². The highest BCUT2D eigenvalue weighted by Gasteiger charge is 2.10. The Balaban J connectivity index is 1.59. The molecule has 0 bridgehead atoms. The van der Waals surface area contributed by atoms with Gasteiger partial charge < -0.3 is 15.5 Å². The van der Waals surface area contributed by atoms with Crippen molar-refractivity contribution in [1.82, 2.24) is 19.9 Å². The van der Waals surface area contributed by atoms with Crippen LogP contribution in [0.3, 0.4) is 0 Å². The average Bonchev–Trinajstić information content (AvgIpc) is 2.73. The lowest BCUT2D eigenvalue weighted by atomic mass is 10.2. The number of nitrogens with one attached hydrogen (secondary N) is 2. The molecule has 4 aromatic rings. The number of rotatable bonds is 5. The van der Waals surface area contributed by atoms with Crippen molar-refractivity contribution in [3.8, 4) is 11.5 Å². The maximum Gasteiger partial charge on any atom is 0.176 e. The molecule has 4 N–H and O–H groups in total. The maximum atomic E-state index is 13.1. The zero-order valence-electron chi connectivity index (χ0n) is 14.8. The lowest BCUT2D eigenvalue weighted by Crippen LogP contribution is -2.02. The molecule has 0 aliphatic rings. The maximum absolute atomic E-state index is 13.1. The molecule has 2 aromatic carbocycles. The molecular weight excluding hydrogens is 377 g/mol. The summed E-state index contributed by atoms with van der Waals surface area (Å²) in [6.45, 7) is 0. The Labute approximate surface area is 163 Å². The van der Waals surface area contributed by atoms with Crippen LogP contribution in [-0.4, -0.2) is 36.4 Å². The largest absolute Gasteiger partial charge is 0.504 e. The highest BCUT2D eigenvalue weighted by molar-refractivity contribution is 5.93. The van der Waals surface area contributed by atoms with Crippen LogP contribution in [0.1, 0.15) is 5.56 Å². The molecule has 0 spiro atoms. The highest BCUT2D eigenvalue weighted by atomic mass is 19.1. The second-order valence-electron chi connectivity index (χ2n) is 5.89. The van der Waals surface area contributed by atoms with Crippen LogP contribution in [0, 0.1) is 5.82 Å². The monoisotopic (exact) mass is 391 g/mol. The zero-order valence-corrected chi connectivity index (χ0v) is 14.8. The molecule has 9 nitrogen and oxygen atoms in total. The molecule has 4 rings (SSSR count). The lowest BCUT2D eigenvalue weighted by molar-refractivity contribution is 0.403. The van der Waals surface area contributed by atoms with Crippen LogP contribution in [0.4, 0.5) is 21.7 Å². The van der Waals surface area contributed by atoms with Crippen LogP contribution < -0.4 is 10.7 Å². The molecule has 0 aliphatic heterocycles. The van der Waals surface area contributed by atoms with Crippen molar-refractivity contribution >= 4 is 34.6 Å². The van der Waals surface area contributed by atoms with Crippen molar-refractivity contribution in [2.75, 3.05) is 10.7 Å². The molecule has 0 saturated carbocycles. The fourth-order valence-electron chi connectivity index (χ4n) is 2.51. The van der Waals surface area contributed by atoms with E-state index in [2.05, 4.69) is 35.8 Å². The number of phenols is 2. The number of aromatic nitrogens is 4. The molecule has 2 heterocycles. The van der Waals surface area contributed by atoms with Gasteiger partial charge in [0.2, 0.25) is 0 Å². The first kappa shape index (κ1) is 18.0. The Morgan fingerprint density at radius 3 is 2.24 bits per heavy atom. The van der Waals surface area contributed by atoms with Crippen LogP contribution >= 0.6 is 0 Å². The topological polar surface area (TPSA) is 128 Å². The predicted octanol–water partition coefficient (Wildman–Crippen LogP) is 3.16. The van der Waals surface area contributed by atoms with Gasteiger partial charge in [0.1, 0.15) is 29.5 Å². The third kappa shape index (κ3) is 4.00. The van der Waals surface area contributed by atoms with Crippen molar-refractivity contribution in [3.63, 3.8) is 0 Å². The fourth-order valence-corrected chi connectivity index (χ4v) is 2.51. The molecule has 0 atom stereocenters. The summed E-state index contributed by atoms with van der Waals surface area (Å²) < 4.78 is 13.1. The van der Waals surface area contributed by atoms with E-state index in [1.54, 1.807) is 18.2 Å². The van der Waals surface area contributed by atoms with E-state index in [0.717, 1.165) is 0 Å². The molecule has 0 amide bonds. The Bertz CT molecular complexity index is 1200. The van der Waals surface area contributed by atoms with Gasteiger partial charge in [-0.15, -0.1) is 0 Å². The molecule has 29 heavy (non-hydrogen) atoms. The van der Waals surface area contributed by atoms with Crippen LogP contribution in [0.5, 0.6) is 11.5 Å². The third-order valence-electron chi connectivity index (χ3n) is 3.91. The number of benzene rings is 2. The Morgan fingerprint density at radius 1 is 0.828 bits per heavy atom. The van der Waals surface area contributed by atoms with E-state index in [1.165, 1.54) is 43.1 Å². The van der Waals surface area contributed by atoms with Gasteiger partial charge in [0.25, 0.3) is 0 Å². The van der Waals surface area contributed by atoms with E-state index in [9.17, 15) is 14.6 Å². The molecule has 2 aromatic heterocycles. The SMILES string of the molecule is Oc1ccc(C=NNc2ncnc3c(Nc4ccc(F)cc4)ncnc23)cc1O. The van der Waals surface area contributed by atoms with Crippen molar-refractivity contribution in [2.45, 2.75) is 0 Å². The first-order valence-electron chi connectivity index (χ1n) is 8.39. The van der Waals surface area contributed by atoms with Crippen molar-refractivity contribution in [1.29, 1.82) is 0 Å². The summed E-state index contributed by atoms with van der Waals surface area (Å²) in [6.07, 6.45) is 4.14. The third-order valence-corrected chi connectivity index (χ3v) is 3.91.